The Morgan fingerprint density at radius 3 is 2.84 bits per heavy atom. The SMILES string of the molecule is O=C(O)C1CC2CCC1N2C(=O)CCn1ccnn1. The molecule has 0 aliphatic carbocycles. The molecule has 7 nitrogen and oxygen atoms in total. The average molecular weight is 264 g/mol. The number of aliphatic carboxylic acids is 1. The summed E-state index contributed by atoms with van der Waals surface area (Å²) in [7, 11) is 0. The molecule has 0 aromatic carbocycles. The molecule has 0 saturated carbocycles. The van der Waals surface area contributed by atoms with E-state index < -0.39 is 5.97 Å². The van der Waals surface area contributed by atoms with Crippen LogP contribution in [-0.2, 0) is 16.1 Å². The third-order valence-electron chi connectivity index (χ3n) is 4.17. The van der Waals surface area contributed by atoms with E-state index in [1.54, 1.807) is 22.0 Å². The van der Waals surface area contributed by atoms with Crippen molar-refractivity contribution in [2.75, 3.05) is 0 Å². The molecule has 0 spiro atoms. The highest BCUT2D eigenvalue weighted by molar-refractivity contribution is 5.80. The Kier molecular flexibility index (Phi) is 2.96. The highest BCUT2D eigenvalue weighted by atomic mass is 16.4. The molecule has 1 N–H and O–H groups in total. The van der Waals surface area contributed by atoms with E-state index in [2.05, 4.69) is 10.3 Å². The summed E-state index contributed by atoms with van der Waals surface area (Å²) in [5, 5.41) is 16.7. The van der Waals surface area contributed by atoms with Crippen molar-refractivity contribution in [1.29, 1.82) is 0 Å². The van der Waals surface area contributed by atoms with Crippen LogP contribution in [0, 0.1) is 5.92 Å². The number of carboxylic acid groups (broad SMARTS) is 1. The molecule has 2 fully saturated rings. The van der Waals surface area contributed by atoms with E-state index in [0.29, 0.717) is 19.4 Å². The number of hydrogen-bond acceptors (Lipinski definition) is 4. The monoisotopic (exact) mass is 264 g/mol. The molecule has 1 aromatic rings. The summed E-state index contributed by atoms with van der Waals surface area (Å²) in [4.78, 5) is 25.2. The molecule has 2 saturated heterocycles. The van der Waals surface area contributed by atoms with Crippen LogP contribution < -0.4 is 0 Å². The summed E-state index contributed by atoms with van der Waals surface area (Å²) in [5.74, 6) is -1.12. The van der Waals surface area contributed by atoms with Crippen LogP contribution in [0.2, 0.25) is 0 Å². The summed E-state index contributed by atoms with van der Waals surface area (Å²) in [6, 6.07) is 0.0140. The normalized spacial score (nSPS) is 28.8. The molecule has 19 heavy (non-hydrogen) atoms. The van der Waals surface area contributed by atoms with E-state index in [1.165, 1.54) is 0 Å². The zero-order valence-electron chi connectivity index (χ0n) is 10.5. The second-order valence-corrected chi connectivity index (χ2v) is 5.20. The highest BCUT2D eigenvalue weighted by Gasteiger charge is 2.50. The number of rotatable bonds is 4. The minimum Gasteiger partial charge on any atom is -0.481 e. The van der Waals surface area contributed by atoms with Gasteiger partial charge in [0.2, 0.25) is 5.91 Å². The van der Waals surface area contributed by atoms with Crippen molar-refractivity contribution in [1.82, 2.24) is 19.9 Å². The van der Waals surface area contributed by atoms with Gasteiger partial charge < -0.3 is 10.0 Å². The van der Waals surface area contributed by atoms with E-state index in [0.717, 1.165) is 12.8 Å². The topological polar surface area (TPSA) is 88.3 Å². The molecule has 2 aliphatic rings. The van der Waals surface area contributed by atoms with Crippen LogP contribution in [0.25, 0.3) is 0 Å². The Labute approximate surface area is 110 Å². The Bertz CT molecular complexity index is 487. The molecule has 2 aliphatic heterocycles. The first-order valence-electron chi connectivity index (χ1n) is 6.55. The molecule has 7 heteroatoms. The van der Waals surface area contributed by atoms with Gasteiger partial charge in [-0.3, -0.25) is 14.3 Å². The Balaban J connectivity index is 1.63. The number of fused-ring (bicyclic) bond motifs is 2. The lowest BCUT2D eigenvalue weighted by Gasteiger charge is -2.23. The van der Waals surface area contributed by atoms with Gasteiger partial charge in [0, 0.05) is 24.7 Å². The molecule has 3 rings (SSSR count). The summed E-state index contributed by atoms with van der Waals surface area (Å²) in [5.41, 5.74) is 0. The first kappa shape index (κ1) is 12.1. The number of aromatic nitrogens is 3. The van der Waals surface area contributed by atoms with Gasteiger partial charge in [-0.2, -0.15) is 0 Å². The lowest BCUT2D eigenvalue weighted by molar-refractivity contribution is -0.143. The van der Waals surface area contributed by atoms with Crippen molar-refractivity contribution in [3.8, 4) is 0 Å². The highest BCUT2D eigenvalue weighted by Crippen LogP contribution is 2.42. The van der Waals surface area contributed by atoms with Crippen LogP contribution in [0.1, 0.15) is 25.7 Å². The number of aryl methyl sites for hydroxylation is 1. The van der Waals surface area contributed by atoms with Crippen molar-refractivity contribution in [3.05, 3.63) is 12.4 Å². The molecule has 0 radical (unpaired) electrons. The van der Waals surface area contributed by atoms with E-state index in [4.69, 9.17) is 5.11 Å². The Morgan fingerprint density at radius 2 is 2.21 bits per heavy atom. The minimum atomic E-state index is -0.777. The second kappa shape index (κ2) is 4.64. The maximum Gasteiger partial charge on any atom is 0.308 e. The van der Waals surface area contributed by atoms with Crippen LogP contribution in [0.5, 0.6) is 0 Å². The predicted octanol–water partition coefficient (Wildman–Crippen LogP) is 0.132. The second-order valence-electron chi connectivity index (χ2n) is 5.20. The smallest absolute Gasteiger partial charge is 0.308 e. The van der Waals surface area contributed by atoms with Gasteiger partial charge in [0.15, 0.2) is 0 Å². The zero-order valence-corrected chi connectivity index (χ0v) is 10.5. The molecule has 3 atom stereocenters. The number of hydrogen-bond donors (Lipinski definition) is 1. The lowest BCUT2D eigenvalue weighted by Crippen LogP contribution is -2.38. The molecule has 3 unspecified atom stereocenters. The van der Waals surface area contributed by atoms with Gasteiger partial charge in [0.1, 0.15) is 0 Å². The number of carbonyl (C=O) groups is 2. The van der Waals surface area contributed by atoms with Crippen LogP contribution in [0.3, 0.4) is 0 Å². The van der Waals surface area contributed by atoms with Crippen LogP contribution in [0.15, 0.2) is 12.4 Å². The predicted molar refractivity (Wildman–Crippen MR) is 64.0 cm³/mol. The summed E-state index contributed by atoms with van der Waals surface area (Å²) in [6.07, 6.45) is 5.99. The van der Waals surface area contributed by atoms with Gasteiger partial charge in [-0.15, -0.1) is 5.10 Å². The third-order valence-corrected chi connectivity index (χ3v) is 4.17. The Morgan fingerprint density at radius 1 is 1.37 bits per heavy atom. The fraction of sp³-hybridized carbons (Fsp3) is 0.667. The molecule has 1 amide bonds. The average Bonchev–Trinajstić information content (AvgIpc) is 3.11. The summed E-state index contributed by atoms with van der Waals surface area (Å²) < 4.78 is 1.62. The van der Waals surface area contributed by atoms with Crippen LogP contribution in [-0.4, -0.2) is 49.0 Å². The largest absolute Gasteiger partial charge is 0.481 e. The quantitative estimate of drug-likeness (QED) is 0.835. The van der Waals surface area contributed by atoms with Crippen LogP contribution >= 0.6 is 0 Å². The first-order chi connectivity index (χ1) is 9.16. The number of carboxylic acids is 1. The fourth-order valence-corrected chi connectivity index (χ4v) is 3.33. The van der Waals surface area contributed by atoms with Crippen molar-refractivity contribution in [2.45, 2.75) is 44.3 Å². The molecule has 3 heterocycles. The van der Waals surface area contributed by atoms with Gasteiger partial charge in [-0.1, -0.05) is 5.21 Å². The van der Waals surface area contributed by atoms with Crippen molar-refractivity contribution in [2.24, 2.45) is 5.92 Å². The number of amides is 1. The van der Waals surface area contributed by atoms with Crippen molar-refractivity contribution in [3.63, 3.8) is 0 Å². The van der Waals surface area contributed by atoms with E-state index in [9.17, 15) is 9.59 Å². The van der Waals surface area contributed by atoms with Gasteiger partial charge in [-0.25, -0.2) is 0 Å². The maximum absolute atomic E-state index is 12.2. The maximum atomic E-state index is 12.2. The third kappa shape index (κ3) is 2.09. The first-order valence-corrected chi connectivity index (χ1v) is 6.55. The molecule has 2 bridgehead atoms. The minimum absolute atomic E-state index is 0.0340. The lowest BCUT2D eigenvalue weighted by atomic mass is 9.89. The van der Waals surface area contributed by atoms with Gasteiger partial charge in [0.25, 0.3) is 0 Å². The number of carbonyl (C=O) groups excluding carboxylic acids is 1. The van der Waals surface area contributed by atoms with Crippen LogP contribution in [0.4, 0.5) is 0 Å². The summed E-state index contributed by atoms with van der Waals surface area (Å²) >= 11 is 0. The molecular formula is C12H16N4O3. The van der Waals surface area contributed by atoms with Crippen molar-refractivity contribution >= 4 is 11.9 Å². The standard InChI is InChI=1S/C12H16N4O3/c17-11(3-5-15-6-4-13-14-15)16-8-1-2-10(16)9(7-8)12(18)19/h4,6,8-10H,1-3,5,7H2,(H,18,19). The van der Waals surface area contributed by atoms with E-state index in [1.807, 2.05) is 0 Å². The van der Waals surface area contributed by atoms with E-state index in [-0.39, 0.29) is 23.9 Å². The van der Waals surface area contributed by atoms with Gasteiger partial charge in [-0.05, 0) is 19.3 Å². The molecule has 1 aromatic heterocycles. The fourth-order valence-electron chi connectivity index (χ4n) is 3.33. The van der Waals surface area contributed by atoms with Crippen molar-refractivity contribution < 1.29 is 14.7 Å². The van der Waals surface area contributed by atoms with Gasteiger partial charge in [0.05, 0.1) is 18.7 Å². The van der Waals surface area contributed by atoms with Gasteiger partial charge >= 0.3 is 5.97 Å². The Hall–Kier alpha value is -1.92. The molecule has 102 valence electrons. The van der Waals surface area contributed by atoms with E-state index >= 15 is 0 Å². The summed E-state index contributed by atoms with van der Waals surface area (Å²) in [6.45, 7) is 0.493. The zero-order chi connectivity index (χ0) is 13.4. The number of nitrogens with zero attached hydrogens (tertiary/aromatic N) is 4. The molecular weight excluding hydrogens is 248 g/mol.